The van der Waals surface area contributed by atoms with Gasteiger partial charge < -0.3 is 15.4 Å². The quantitative estimate of drug-likeness (QED) is 0.732. The number of benzene rings is 2. The summed E-state index contributed by atoms with van der Waals surface area (Å²) in [4.78, 5) is 25.0. The van der Waals surface area contributed by atoms with E-state index in [0.29, 0.717) is 36.5 Å². The third-order valence-corrected chi connectivity index (χ3v) is 4.81. The first kappa shape index (κ1) is 18.3. The van der Waals surface area contributed by atoms with Crippen molar-refractivity contribution in [3.8, 4) is 5.75 Å². The number of hydrogen-bond acceptors (Lipinski definition) is 3. The van der Waals surface area contributed by atoms with Gasteiger partial charge in [-0.3, -0.25) is 9.59 Å². The fraction of sp³-hybridized carbons (Fsp3) is 0.300. The van der Waals surface area contributed by atoms with Crippen LogP contribution >= 0.6 is 11.6 Å². The van der Waals surface area contributed by atoms with Crippen molar-refractivity contribution in [1.82, 2.24) is 5.32 Å². The summed E-state index contributed by atoms with van der Waals surface area (Å²) in [6.07, 6.45) is 1.81. The average Bonchev–Trinajstić information content (AvgIpc) is 3.46. The molecule has 0 atom stereocenters. The van der Waals surface area contributed by atoms with E-state index >= 15 is 0 Å². The summed E-state index contributed by atoms with van der Waals surface area (Å²) in [6.45, 7) is 0.474. The first-order chi connectivity index (χ1) is 12.5. The number of rotatable bonds is 7. The Hall–Kier alpha value is -2.53. The highest BCUT2D eigenvalue weighted by Gasteiger charge is 2.56. The molecule has 0 aliphatic heterocycles. The van der Waals surface area contributed by atoms with Gasteiger partial charge in [0.1, 0.15) is 11.2 Å². The largest absolute Gasteiger partial charge is 0.497 e. The number of hydrogen-bond donors (Lipinski definition) is 2. The van der Waals surface area contributed by atoms with E-state index in [1.807, 2.05) is 24.3 Å². The third-order valence-electron chi connectivity index (χ3n) is 4.55. The lowest BCUT2D eigenvalue weighted by molar-refractivity contribution is -0.134. The second kappa shape index (κ2) is 7.79. The Labute approximate surface area is 157 Å². The number of ether oxygens (including phenoxy) is 1. The molecule has 136 valence electrons. The van der Waals surface area contributed by atoms with Crippen molar-refractivity contribution in [2.24, 2.45) is 5.41 Å². The van der Waals surface area contributed by atoms with Crippen molar-refractivity contribution in [2.45, 2.75) is 19.3 Å². The van der Waals surface area contributed by atoms with Gasteiger partial charge in [-0.2, -0.15) is 0 Å². The van der Waals surface area contributed by atoms with Gasteiger partial charge in [-0.25, -0.2) is 0 Å². The molecular formula is C20H21ClN2O3. The average molecular weight is 373 g/mol. The fourth-order valence-corrected chi connectivity index (χ4v) is 2.91. The Morgan fingerprint density at radius 1 is 1.12 bits per heavy atom. The van der Waals surface area contributed by atoms with Gasteiger partial charge in [0.15, 0.2) is 0 Å². The topological polar surface area (TPSA) is 67.4 Å². The summed E-state index contributed by atoms with van der Waals surface area (Å²) in [5, 5.41) is 6.28. The molecule has 3 rings (SSSR count). The molecule has 0 saturated heterocycles. The normalized spacial score (nSPS) is 14.4. The van der Waals surface area contributed by atoms with Crippen LogP contribution < -0.4 is 15.4 Å². The van der Waals surface area contributed by atoms with E-state index in [-0.39, 0.29) is 11.8 Å². The highest BCUT2D eigenvalue weighted by molar-refractivity contribution is 6.30. The maximum atomic E-state index is 12.5. The van der Waals surface area contributed by atoms with Gasteiger partial charge in [0, 0.05) is 17.3 Å². The van der Waals surface area contributed by atoms with Gasteiger partial charge in [-0.05, 0) is 61.2 Å². The molecule has 0 radical (unpaired) electrons. The van der Waals surface area contributed by atoms with Crippen molar-refractivity contribution >= 4 is 29.1 Å². The first-order valence-corrected chi connectivity index (χ1v) is 8.89. The molecule has 0 unspecified atom stereocenters. The first-order valence-electron chi connectivity index (χ1n) is 8.52. The predicted octanol–water partition coefficient (Wildman–Crippen LogP) is 3.43. The second-order valence-corrected chi connectivity index (χ2v) is 6.84. The molecule has 2 aromatic carbocycles. The molecule has 0 spiro atoms. The lowest BCUT2D eigenvalue weighted by Crippen LogP contribution is -2.40. The molecule has 0 aromatic heterocycles. The molecule has 5 nitrogen and oxygen atoms in total. The zero-order chi connectivity index (χ0) is 18.6. The predicted molar refractivity (Wildman–Crippen MR) is 101 cm³/mol. The number of carbonyl (C=O) groups excluding carboxylic acids is 2. The Morgan fingerprint density at radius 3 is 2.50 bits per heavy atom. The standard InChI is InChI=1S/C20H21ClN2O3/c1-26-17-4-2-3-14(13-17)9-12-22-18(24)20(10-11-20)19(25)23-16-7-5-15(21)6-8-16/h2-8,13H,9-12H2,1H3,(H,22,24)(H,23,25). The summed E-state index contributed by atoms with van der Waals surface area (Å²) in [7, 11) is 1.62. The highest BCUT2D eigenvalue weighted by Crippen LogP contribution is 2.46. The van der Waals surface area contributed by atoms with Crippen LogP contribution in [-0.2, 0) is 16.0 Å². The van der Waals surface area contributed by atoms with Gasteiger partial charge in [0.2, 0.25) is 11.8 Å². The molecule has 6 heteroatoms. The maximum Gasteiger partial charge on any atom is 0.240 e. The SMILES string of the molecule is COc1cccc(CCNC(=O)C2(C(=O)Nc3ccc(Cl)cc3)CC2)c1. The summed E-state index contributed by atoms with van der Waals surface area (Å²) in [5.74, 6) is 0.306. The molecule has 26 heavy (non-hydrogen) atoms. The smallest absolute Gasteiger partial charge is 0.240 e. The Morgan fingerprint density at radius 2 is 1.85 bits per heavy atom. The van der Waals surface area contributed by atoms with E-state index in [1.165, 1.54) is 0 Å². The van der Waals surface area contributed by atoms with Gasteiger partial charge in [0.05, 0.1) is 7.11 Å². The van der Waals surface area contributed by atoms with Crippen molar-refractivity contribution in [1.29, 1.82) is 0 Å². The molecular weight excluding hydrogens is 352 g/mol. The van der Waals surface area contributed by atoms with Crippen LogP contribution in [0.25, 0.3) is 0 Å². The van der Waals surface area contributed by atoms with Gasteiger partial charge in [-0.15, -0.1) is 0 Å². The number of anilines is 1. The van der Waals surface area contributed by atoms with Crippen LogP contribution in [0.4, 0.5) is 5.69 Å². The van der Waals surface area contributed by atoms with Crippen LogP contribution in [-0.4, -0.2) is 25.5 Å². The van der Waals surface area contributed by atoms with E-state index in [0.717, 1.165) is 11.3 Å². The summed E-state index contributed by atoms with van der Waals surface area (Å²) >= 11 is 5.84. The van der Waals surface area contributed by atoms with Crippen LogP contribution in [0.5, 0.6) is 5.75 Å². The lowest BCUT2D eigenvalue weighted by Gasteiger charge is -2.15. The van der Waals surface area contributed by atoms with E-state index in [4.69, 9.17) is 16.3 Å². The minimum absolute atomic E-state index is 0.216. The third kappa shape index (κ3) is 4.17. The highest BCUT2D eigenvalue weighted by atomic mass is 35.5. The Bertz CT molecular complexity index is 801. The molecule has 2 amide bonds. The molecule has 1 aliphatic carbocycles. The summed E-state index contributed by atoms with van der Waals surface area (Å²) in [6, 6.07) is 14.5. The van der Waals surface area contributed by atoms with Crippen LogP contribution in [0.2, 0.25) is 5.02 Å². The Kier molecular flexibility index (Phi) is 5.47. The fourth-order valence-electron chi connectivity index (χ4n) is 2.78. The molecule has 1 aliphatic rings. The number of halogens is 1. The molecule has 1 fully saturated rings. The van der Waals surface area contributed by atoms with E-state index in [1.54, 1.807) is 31.4 Å². The van der Waals surface area contributed by atoms with Crippen LogP contribution in [0.3, 0.4) is 0 Å². The molecule has 2 N–H and O–H groups in total. The van der Waals surface area contributed by atoms with Gasteiger partial charge >= 0.3 is 0 Å². The summed E-state index contributed by atoms with van der Waals surface area (Å²) in [5.41, 5.74) is 0.753. The summed E-state index contributed by atoms with van der Waals surface area (Å²) < 4.78 is 5.19. The number of nitrogens with one attached hydrogen (secondary N) is 2. The van der Waals surface area contributed by atoms with E-state index < -0.39 is 5.41 Å². The Balaban J connectivity index is 1.53. The van der Waals surface area contributed by atoms with E-state index in [9.17, 15) is 9.59 Å². The molecule has 1 saturated carbocycles. The van der Waals surface area contributed by atoms with Crippen LogP contribution in [0.1, 0.15) is 18.4 Å². The minimum atomic E-state index is -0.950. The van der Waals surface area contributed by atoms with E-state index in [2.05, 4.69) is 10.6 Å². The minimum Gasteiger partial charge on any atom is -0.497 e. The van der Waals surface area contributed by atoms with Gasteiger partial charge in [0.25, 0.3) is 0 Å². The zero-order valence-corrected chi connectivity index (χ0v) is 15.3. The zero-order valence-electron chi connectivity index (χ0n) is 14.5. The molecule has 2 aromatic rings. The monoisotopic (exact) mass is 372 g/mol. The number of amides is 2. The van der Waals surface area contributed by atoms with Crippen molar-refractivity contribution in [3.05, 3.63) is 59.1 Å². The van der Waals surface area contributed by atoms with Crippen molar-refractivity contribution in [2.75, 3.05) is 19.0 Å². The van der Waals surface area contributed by atoms with Gasteiger partial charge in [-0.1, -0.05) is 23.7 Å². The second-order valence-electron chi connectivity index (χ2n) is 6.40. The number of methoxy groups -OCH3 is 1. The van der Waals surface area contributed by atoms with Crippen LogP contribution in [0, 0.1) is 5.41 Å². The number of carbonyl (C=O) groups is 2. The van der Waals surface area contributed by atoms with Crippen LogP contribution in [0.15, 0.2) is 48.5 Å². The maximum absolute atomic E-state index is 12.5. The van der Waals surface area contributed by atoms with Crippen molar-refractivity contribution in [3.63, 3.8) is 0 Å². The lowest BCUT2D eigenvalue weighted by atomic mass is 10.0. The molecule has 0 bridgehead atoms. The van der Waals surface area contributed by atoms with Crippen molar-refractivity contribution < 1.29 is 14.3 Å². The molecule has 0 heterocycles.